The number of likely N-dealkylation sites (N-methyl/N-ethyl adjacent to an activating group) is 1. The molecular weight excluding hydrogens is 420 g/mol. The summed E-state index contributed by atoms with van der Waals surface area (Å²) < 4.78 is 8.90. The molecule has 0 radical (unpaired) electrons. The molecule has 2 aliphatic rings. The van der Waals surface area contributed by atoms with Gasteiger partial charge in [-0.05, 0) is 42.1 Å². The molecular formula is C30H33N2O2+. The largest absolute Gasteiger partial charge is 0.509 e. The average molecular weight is 454 g/mol. The molecule has 1 saturated carbocycles. The summed E-state index contributed by atoms with van der Waals surface area (Å²) in [4.78, 5) is 2.19. The number of aromatic nitrogens is 1. The standard InChI is InChI=1S/C30H32N2O2/c1-6-8-20-31(4)28-26(7-2)29(30(28,34-5)19-13-11-15-23(3)33)22-24-16-9-10-17-25(24)27-18-12-14-21-32(27)29/h6-21,26,28H,1-3,22H2,4-5H3/p+1/b15-11-,19-13?,20-8-. The van der Waals surface area contributed by atoms with Crippen molar-refractivity contribution in [2.75, 3.05) is 14.2 Å². The van der Waals surface area contributed by atoms with Gasteiger partial charge in [-0.15, -0.1) is 6.58 Å². The van der Waals surface area contributed by atoms with Crippen LogP contribution in [-0.4, -0.2) is 35.8 Å². The van der Waals surface area contributed by atoms with Gasteiger partial charge in [-0.1, -0.05) is 55.7 Å². The first-order chi connectivity index (χ1) is 16.5. The molecule has 4 nitrogen and oxygen atoms in total. The number of allylic oxidation sites excluding steroid dienone is 5. The second-order valence-electron chi connectivity index (χ2n) is 8.87. The highest BCUT2D eigenvalue weighted by Crippen LogP contribution is 2.59. The van der Waals surface area contributed by atoms with Gasteiger partial charge in [0.05, 0.1) is 12.0 Å². The minimum atomic E-state index is -0.693. The molecule has 2 aromatic rings. The molecule has 1 fully saturated rings. The molecule has 4 atom stereocenters. The number of hydrogen-bond donors (Lipinski definition) is 1. The summed E-state index contributed by atoms with van der Waals surface area (Å²) in [7, 11) is 3.84. The van der Waals surface area contributed by atoms with Crippen molar-refractivity contribution in [3.63, 3.8) is 0 Å². The third-order valence-electron chi connectivity index (χ3n) is 7.28. The van der Waals surface area contributed by atoms with E-state index < -0.39 is 11.1 Å². The zero-order valence-electron chi connectivity index (χ0n) is 20.0. The molecule has 0 bridgehead atoms. The Balaban J connectivity index is 1.97. The average Bonchev–Trinajstić information content (AvgIpc) is 2.85. The van der Waals surface area contributed by atoms with Crippen molar-refractivity contribution in [2.24, 2.45) is 5.92 Å². The van der Waals surface area contributed by atoms with Crippen molar-refractivity contribution in [3.05, 3.63) is 128 Å². The molecule has 0 saturated heterocycles. The van der Waals surface area contributed by atoms with Crippen LogP contribution in [0.5, 0.6) is 0 Å². The van der Waals surface area contributed by atoms with Crippen LogP contribution < -0.4 is 4.57 Å². The number of aliphatic hydroxyl groups is 1. The van der Waals surface area contributed by atoms with Gasteiger partial charge in [0.25, 0.3) is 0 Å². The lowest BCUT2D eigenvalue weighted by Crippen LogP contribution is -2.89. The second kappa shape index (κ2) is 9.32. The first-order valence-electron chi connectivity index (χ1n) is 11.5. The van der Waals surface area contributed by atoms with Crippen LogP contribution in [-0.2, 0) is 16.7 Å². The smallest absolute Gasteiger partial charge is 0.214 e. The molecule has 1 spiro atoms. The number of pyridine rings is 1. The van der Waals surface area contributed by atoms with Gasteiger partial charge in [0.2, 0.25) is 11.2 Å². The fourth-order valence-electron chi connectivity index (χ4n) is 6.01. The molecule has 1 aliphatic carbocycles. The van der Waals surface area contributed by atoms with Gasteiger partial charge >= 0.3 is 0 Å². The molecule has 1 aliphatic heterocycles. The topological polar surface area (TPSA) is 36.6 Å². The lowest BCUT2D eigenvalue weighted by molar-refractivity contribution is -0.796. The van der Waals surface area contributed by atoms with Crippen molar-refractivity contribution in [2.45, 2.75) is 23.6 Å². The lowest BCUT2D eigenvalue weighted by atomic mass is 9.47. The molecule has 1 N–H and O–H groups in total. The van der Waals surface area contributed by atoms with Gasteiger partial charge in [0, 0.05) is 38.3 Å². The summed E-state index contributed by atoms with van der Waals surface area (Å²) in [5, 5.41) is 9.52. The summed E-state index contributed by atoms with van der Waals surface area (Å²) in [6.45, 7) is 11.6. The Labute approximate surface area is 202 Å². The number of rotatable bonds is 8. The first-order valence-corrected chi connectivity index (χ1v) is 11.5. The highest BCUT2D eigenvalue weighted by molar-refractivity contribution is 5.63. The van der Waals surface area contributed by atoms with E-state index in [0.717, 1.165) is 12.1 Å². The molecule has 4 unspecified atom stereocenters. The quantitative estimate of drug-likeness (QED) is 0.256. The Kier molecular flexibility index (Phi) is 6.45. The minimum Gasteiger partial charge on any atom is -0.509 e. The Morgan fingerprint density at radius 3 is 2.62 bits per heavy atom. The Morgan fingerprint density at radius 2 is 1.91 bits per heavy atom. The van der Waals surface area contributed by atoms with Crippen LogP contribution in [0.4, 0.5) is 0 Å². The van der Waals surface area contributed by atoms with Crippen molar-refractivity contribution >= 4 is 0 Å². The summed E-state index contributed by atoms with van der Waals surface area (Å²) in [6.07, 6.45) is 18.2. The van der Waals surface area contributed by atoms with Crippen LogP contribution >= 0.6 is 0 Å². The second-order valence-corrected chi connectivity index (χ2v) is 8.87. The zero-order valence-corrected chi connectivity index (χ0v) is 20.0. The summed E-state index contributed by atoms with van der Waals surface area (Å²) in [5.41, 5.74) is 2.56. The van der Waals surface area contributed by atoms with Crippen molar-refractivity contribution in [1.29, 1.82) is 0 Å². The van der Waals surface area contributed by atoms with E-state index in [1.165, 1.54) is 11.1 Å². The number of nitrogens with zero attached hydrogens (tertiary/aromatic N) is 2. The van der Waals surface area contributed by atoms with Crippen molar-refractivity contribution in [3.8, 4) is 11.3 Å². The van der Waals surface area contributed by atoms with Gasteiger partial charge in [-0.3, -0.25) is 0 Å². The highest BCUT2D eigenvalue weighted by Gasteiger charge is 2.79. The number of hydrogen-bond acceptors (Lipinski definition) is 3. The maximum Gasteiger partial charge on any atom is 0.214 e. The number of benzene rings is 1. The van der Waals surface area contributed by atoms with Crippen LogP contribution in [0, 0.1) is 5.92 Å². The van der Waals surface area contributed by atoms with Crippen LogP contribution in [0.1, 0.15) is 5.56 Å². The van der Waals surface area contributed by atoms with E-state index in [4.69, 9.17) is 4.74 Å². The first kappa shape index (κ1) is 23.5. The zero-order chi connectivity index (χ0) is 24.3. The number of methoxy groups -OCH3 is 1. The van der Waals surface area contributed by atoms with E-state index in [1.807, 2.05) is 18.4 Å². The van der Waals surface area contributed by atoms with E-state index in [0.29, 0.717) is 0 Å². The summed E-state index contributed by atoms with van der Waals surface area (Å²) in [5.74, 6) is 0.102. The normalized spacial score (nSPS) is 27.5. The van der Waals surface area contributed by atoms with Crippen molar-refractivity contribution < 1.29 is 14.4 Å². The lowest BCUT2D eigenvalue weighted by Gasteiger charge is -2.65. The van der Waals surface area contributed by atoms with Gasteiger partial charge in [0.1, 0.15) is 5.76 Å². The van der Waals surface area contributed by atoms with Gasteiger partial charge < -0.3 is 14.7 Å². The number of ether oxygens (including phenoxy) is 1. The van der Waals surface area contributed by atoms with E-state index in [1.54, 1.807) is 25.3 Å². The van der Waals surface area contributed by atoms with E-state index >= 15 is 0 Å². The Morgan fingerprint density at radius 1 is 1.15 bits per heavy atom. The third kappa shape index (κ3) is 3.37. The van der Waals surface area contributed by atoms with Gasteiger partial charge in [0.15, 0.2) is 11.8 Å². The summed E-state index contributed by atoms with van der Waals surface area (Å²) >= 11 is 0. The third-order valence-corrected chi connectivity index (χ3v) is 7.28. The predicted molar refractivity (Wildman–Crippen MR) is 138 cm³/mol. The van der Waals surface area contributed by atoms with Gasteiger partial charge in [-0.2, -0.15) is 4.57 Å². The molecule has 2 heterocycles. The molecule has 4 heteroatoms. The molecule has 4 rings (SSSR count). The molecule has 174 valence electrons. The van der Waals surface area contributed by atoms with Crippen LogP contribution in [0.3, 0.4) is 0 Å². The fourth-order valence-corrected chi connectivity index (χ4v) is 6.01. The highest BCUT2D eigenvalue weighted by atomic mass is 16.5. The Hall–Kier alpha value is -3.63. The molecule has 1 aromatic carbocycles. The SMILES string of the molecule is C=C/C=C\N(C)C1C(C=C)C2(Cc3ccccc3-c3cccc[n+]32)C1(C=C/C=C\C(=C)O)OC. The van der Waals surface area contributed by atoms with Crippen LogP contribution in [0.2, 0.25) is 0 Å². The van der Waals surface area contributed by atoms with E-state index in [9.17, 15) is 5.11 Å². The molecule has 34 heavy (non-hydrogen) atoms. The minimum absolute atomic E-state index is 0.0114. The number of aliphatic hydroxyl groups excluding tert-OH is 1. The van der Waals surface area contributed by atoms with Crippen LogP contribution in [0.25, 0.3) is 11.3 Å². The van der Waals surface area contributed by atoms with Crippen molar-refractivity contribution in [1.82, 2.24) is 4.90 Å². The molecule has 1 aromatic heterocycles. The van der Waals surface area contributed by atoms with E-state index in [-0.39, 0.29) is 17.7 Å². The Bertz CT molecular complexity index is 1190. The number of fused-ring (bicyclic) bond motifs is 4. The van der Waals surface area contributed by atoms with Crippen LogP contribution in [0.15, 0.2) is 123 Å². The predicted octanol–water partition coefficient (Wildman–Crippen LogP) is 5.28. The maximum absolute atomic E-state index is 9.52. The molecule has 0 amide bonds. The monoisotopic (exact) mass is 453 g/mol. The van der Waals surface area contributed by atoms with E-state index in [2.05, 4.69) is 97.1 Å². The van der Waals surface area contributed by atoms with Gasteiger partial charge in [-0.25, -0.2) is 0 Å². The fraction of sp³-hybridized carbons (Fsp3) is 0.233. The summed E-state index contributed by atoms with van der Waals surface area (Å²) in [6, 6.07) is 14.9. The maximum atomic E-state index is 9.52.